The Kier molecular flexibility index (Phi) is 5.65. The number of aromatic nitrogens is 4. The van der Waals surface area contributed by atoms with Gasteiger partial charge in [-0.05, 0) is 44.7 Å². The Morgan fingerprint density at radius 3 is 2.84 bits per heavy atom. The maximum Gasteiger partial charge on any atom is 0.275 e. The summed E-state index contributed by atoms with van der Waals surface area (Å²) < 4.78 is 7.45. The lowest BCUT2D eigenvalue weighted by molar-refractivity contribution is 0.102. The minimum Gasteiger partial charge on any atom is -0.492 e. The highest BCUT2D eigenvalue weighted by Gasteiger charge is 2.27. The molecule has 1 aromatic carbocycles. The summed E-state index contributed by atoms with van der Waals surface area (Å²) in [5.41, 5.74) is 1.67. The average Bonchev–Trinajstić information content (AvgIpc) is 3.37. The lowest BCUT2D eigenvalue weighted by Gasteiger charge is -2.18. The van der Waals surface area contributed by atoms with Gasteiger partial charge in [0.2, 0.25) is 0 Å². The van der Waals surface area contributed by atoms with Crippen molar-refractivity contribution in [2.45, 2.75) is 32.2 Å². The standard InChI is InChI=1S/C23H29N7O2/c1-3-32-21-9-18-16(13-29(2)28-18)8-19(21)27-23(31)20-11-26-22(12-25-20)30-7-6-17(14-30)24-10-15-4-5-15/h8-9,11-13,15,17,24H,3-7,10,14H2,1-2H3,(H,27,31)/t17-/m1/s1. The van der Waals surface area contributed by atoms with Crippen molar-refractivity contribution in [2.24, 2.45) is 13.0 Å². The molecule has 1 atom stereocenters. The second kappa shape index (κ2) is 8.74. The summed E-state index contributed by atoms with van der Waals surface area (Å²) in [6.07, 6.45) is 8.96. The van der Waals surface area contributed by atoms with Gasteiger partial charge in [0.25, 0.3) is 5.91 Å². The van der Waals surface area contributed by atoms with E-state index in [0.29, 0.717) is 24.1 Å². The number of benzene rings is 1. The van der Waals surface area contributed by atoms with Gasteiger partial charge in [-0.25, -0.2) is 9.97 Å². The fourth-order valence-electron chi connectivity index (χ4n) is 4.13. The third-order valence-electron chi connectivity index (χ3n) is 6.04. The van der Waals surface area contributed by atoms with Crippen LogP contribution in [-0.4, -0.2) is 57.9 Å². The molecule has 5 rings (SSSR count). The Morgan fingerprint density at radius 2 is 2.09 bits per heavy atom. The summed E-state index contributed by atoms with van der Waals surface area (Å²) in [6, 6.07) is 4.20. The van der Waals surface area contributed by atoms with Crippen LogP contribution in [0.15, 0.2) is 30.7 Å². The van der Waals surface area contributed by atoms with Crippen molar-refractivity contribution in [1.29, 1.82) is 0 Å². The maximum absolute atomic E-state index is 12.8. The van der Waals surface area contributed by atoms with E-state index in [1.807, 2.05) is 32.3 Å². The Hall–Kier alpha value is -3.20. The Labute approximate surface area is 187 Å². The molecule has 1 aliphatic heterocycles. The molecular weight excluding hydrogens is 406 g/mol. The van der Waals surface area contributed by atoms with E-state index in [1.54, 1.807) is 17.1 Å². The van der Waals surface area contributed by atoms with Crippen molar-refractivity contribution in [1.82, 2.24) is 25.1 Å². The number of nitrogens with one attached hydrogen (secondary N) is 2. The number of anilines is 2. The van der Waals surface area contributed by atoms with E-state index in [-0.39, 0.29) is 11.6 Å². The second-order valence-corrected chi connectivity index (χ2v) is 8.64. The molecule has 9 nitrogen and oxygen atoms in total. The summed E-state index contributed by atoms with van der Waals surface area (Å²) in [4.78, 5) is 23.9. The molecule has 2 fully saturated rings. The highest BCUT2D eigenvalue weighted by molar-refractivity contribution is 6.04. The molecule has 2 N–H and O–H groups in total. The smallest absolute Gasteiger partial charge is 0.275 e. The predicted molar refractivity (Wildman–Crippen MR) is 123 cm³/mol. The first-order valence-corrected chi connectivity index (χ1v) is 11.3. The molecule has 0 unspecified atom stereocenters. The van der Waals surface area contributed by atoms with Gasteiger partial charge in [-0.2, -0.15) is 5.10 Å². The van der Waals surface area contributed by atoms with E-state index in [0.717, 1.165) is 48.7 Å². The number of nitrogens with zero attached hydrogens (tertiary/aromatic N) is 5. The van der Waals surface area contributed by atoms with Crippen LogP contribution in [0.4, 0.5) is 11.5 Å². The molecule has 3 heterocycles. The molecule has 32 heavy (non-hydrogen) atoms. The number of rotatable bonds is 8. The van der Waals surface area contributed by atoms with Crippen LogP contribution < -0.4 is 20.3 Å². The third kappa shape index (κ3) is 4.52. The SMILES string of the molecule is CCOc1cc2nn(C)cc2cc1NC(=O)c1cnc(N2CC[C@@H](NCC3CC3)C2)cn1. The third-order valence-corrected chi connectivity index (χ3v) is 6.04. The first-order chi connectivity index (χ1) is 15.6. The van der Waals surface area contributed by atoms with E-state index >= 15 is 0 Å². The fourth-order valence-corrected chi connectivity index (χ4v) is 4.13. The van der Waals surface area contributed by atoms with Crippen LogP contribution in [0.3, 0.4) is 0 Å². The molecule has 1 aliphatic carbocycles. The van der Waals surface area contributed by atoms with Crippen molar-refractivity contribution in [3.05, 3.63) is 36.4 Å². The second-order valence-electron chi connectivity index (χ2n) is 8.64. The van der Waals surface area contributed by atoms with Crippen molar-refractivity contribution < 1.29 is 9.53 Å². The van der Waals surface area contributed by atoms with Crippen LogP contribution in [-0.2, 0) is 7.05 Å². The normalized spacial score (nSPS) is 18.3. The summed E-state index contributed by atoms with van der Waals surface area (Å²) in [5, 5.41) is 11.9. The number of carbonyl (C=O) groups excluding carboxylic acids is 1. The Morgan fingerprint density at radius 1 is 1.22 bits per heavy atom. The number of aryl methyl sites for hydroxylation is 1. The minimum absolute atomic E-state index is 0.269. The van der Waals surface area contributed by atoms with Gasteiger partial charge < -0.3 is 20.3 Å². The largest absolute Gasteiger partial charge is 0.492 e. The predicted octanol–water partition coefficient (Wildman–Crippen LogP) is 2.59. The van der Waals surface area contributed by atoms with Gasteiger partial charge in [0.15, 0.2) is 0 Å². The van der Waals surface area contributed by atoms with E-state index in [9.17, 15) is 4.79 Å². The number of carbonyl (C=O) groups is 1. The fraction of sp³-hybridized carbons (Fsp3) is 0.478. The zero-order valence-electron chi connectivity index (χ0n) is 18.5. The molecule has 9 heteroatoms. The maximum atomic E-state index is 12.8. The number of fused-ring (bicyclic) bond motifs is 1. The van der Waals surface area contributed by atoms with Crippen molar-refractivity contribution in [3.8, 4) is 5.75 Å². The summed E-state index contributed by atoms with van der Waals surface area (Å²) in [5.74, 6) is 1.95. The number of amides is 1. The van der Waals surface area contributed by atoms with Crippen molar-refractivity contribution in [3.63, 3.8) is 0 Å². The molecular formula is C23H29N7O2. The molecule has 2 aromatic heterocycles. The lowest BCUT2D eigenvalue weighted by Crippen LogP contribution is -2.34. The van der Waals surface area contributed by atoms with Crippen LogP contribution in [0.1, 0.15) is 36.7 Å². The van der Waals surface area contributed by atoms with Crippen LogP contribution in [0, 0.1) is 5.92 Å². The van der Waals surface area contributed by atoms with E-state index in [1.165, 1.54) is 12.8 Å². The number of hydrogen-bond acceptors (Lipinski definition) is 7. The zero-order chi connectivity index (χ0) is 22.1. The molecule has 0 radical (unpaired) electrons. The molecule has 168 valence electrons. The highest BCUT2D eigenvalue weighted by atomic mass is 16.5. The van der Waals surface area contributed by atoms with Gasteiger partial charge in [-0.1, -0.05) is 0 Å². The summed E-state index contributed by atoms with van der Waals surface area (Å²) in [6.45, 7) is 5.39. The van der Waals surface area contributed by atoms with Gasteiger partial charge in [0.1, 0.15) is 17.3 Å². The molecule has 1 amide bonds. The molecule has 1 saturated carbocycles. The molecule has 0 bridgehead atoms. The van der Waals surface area contributed by atoms with Crippen LogP contribution in [0.5, 0.6) is 5.75 Å². The molecule has 2 aliphatic rings. The monoisotopic (exact) mass is 435 g/mol. The van der Waals surface area contributed by atoms with Crippen LogP contribution >= 0.6 is 0 Å². The zero-order valence-corrected chi connectivity index (χ0v) is 18.5. The van der Waals surface area contributed by atoms with Gasteiger partial charge in [-0.15, -0.1) is 0 Å². The summed E-state index contributed by atoms with van der Waals surface area (Å²) >= 11 is 0. The summed E-state index contributed by atoms with van der Waals surface area (Å²) in [7, 11) is 1.86. The van der Waals surface area contributed by atoms with Crippen molar-refractivity contribution in [2.75, 3.05) is 36.5 Å². The first-order valence-electron chi connectivity index (χ1n) is 11.3. The van der Waals surface area contributed by atoms with Gasteiger partial charge >= 0.3 is 0 Å². The topological polar surface area (TPSA) is 97.2 Å². The van der Waals surface area contributed by atoms with Crippen LogP contribution in [0.25, 0.3) is 10.9 Å². The number of ether oxygens (including phenoxy) is 1. The van der Waals surface area contributed by atoms with E-state index < -0.39 is 0 Å². The van der Waals surface area contributed by atoms with E-state index in [4.69, 9.17) is 4.74 Å². The molecule has 3 aromatic rings. The molecule has 0 spiro atoms. The van der Waals surface area contributed by atoms with Crippen molar-refractivity contribution >= 4 is 28.3 Å². The Bertz CT molecular complexity index is 1110. The number of hydrogen-bond donors (Lipinski definition) is 2. The highest BCUT2D eigenvalue weighted by Crippen LogP contribution is 2.31. The van der Waals surface area contributed by atoms with Gasteiger partial charge in [0.05, 0.1) is 30.2 Å². The Balaban J connectivity index is 1.25. The quantitative estimate of drug-likeness (QED) is 0.561. The first kappa shape index (κ1) is 20.7. The van der Waals surface area contributed by atoms with E-state index in [2.05, 4.69) is 30.6 Å². The minimum atomic E-state index is -0.321. The van der Waals surface area contributed by atoms with Crippen LogP contribution in [0.2, 0.25) is 0 Å². The average molecular weight is 436 g/mol. The molecule has 1 saturated heterocycles. The van der Waals surface area contributed by atoms with Gasteiger partial charge in [0, 0.05) is 43.8 Å². The van der Waals surface area contributed by atoms with Gasteiger partial charge in [-0.3, -0.25) is 9.48 Å². The lowest BCUT2D eigenvalue weighted by atomic mass is 10.2.